The van der Waals surface area contributed by atoms with E-state index >= 15 is 0 Å². The minimum Gasteiger partial charge on any atom is -0.487 e. The summed E-state index contributed by atoms with van der Waals surface area (Å²) in [6.45, 7) is 3.44. The molecule has 0 saturated carbocycles. The van der Waals surface area contributed by atoms with Crippen molar-refractivity contribution in [1.82, 2.24) is 4.90 Å². The summed E-state index contributed by atoms with van der Waals surface area (Å²) in [6, 6.07) is 9.71. The normalized spacial score (nSPS) is 30.9. The number of fused-ring (bicyclic) bond motifs is 3. The van der Waals surface area contributed by atoms with E-state index in [2.05, 4.69) is 11.0 Å². The van der Waals surface area contributed by atoms with Gasteiger partial charge in [0.15, 0.2) is 0 Å². The van der Waals surface area contributed by atoms with Gasteiger partial charge in [-0.1, -0.05) is 12.1 Å². The number of para-hydroxylation sites is 1. The smallest absolute Gasteiger partial charge is 0.137 e. The van der Waals surface area contributed by atoms with Crippen molar-refractivity contribution >= 4 is 0 Å². The van der Waals surface area contributed by atoms with Crippen LogP contribution < -0.4 is 4.74 Å². The Hall–Kier alpha value is -1.53. The molecule has 3 fully saturated rings. The van der Waals surface area contributed by atoms with Gasteiger partial charge < -0.3 is 4.74 Å². The van der Waals surface area contributed by atoms with Crippen LogP contribution in [0, 0.1) is 17.2 Å². The number of nitriles is 1. The Morgan fingerprint density at radius 3 is 2.65 bits per heavy atom. The Kier molecular flexibility index (Phi) is 2.74. The lowest BCUT2D eigenvalue weighted by Gasteiger charge is -2.44. The second-order valence-corrected chi connectivity index (χ2v) is 4.90. The van der Waals surface area contributed by atoms with Gasteiger partial charge in [0.05, 0.1) is 5.56 Å². The summed E-state index contributed by atoms with van der Waals surface area (Å²) >= 11 is 0. The number of benzene rings is 1. The maximum atomic E-state index is 9.04. The van der Waals surface area contributed by atoms with Crippen LogP contribution in [0.25, 0.3) is 0 Å². The predicted octanol–water partition coefficient (Wildman–Crippen LogP) is 2.03. The van der Waals surface area contributed by atoms with Crippen LogP contribution in [0.1, 0.15) is 18.4 Å². The van der Waals surface area contributed by atoms with Crippen molar-refractivity contribution < 1.29 is 4.74 Å². The molecule has 0 N–H and O–H groups in total. The van der Waals surface area contributed by atoms with Crippen LogP contribution in [0.5, 0.6) is 5.75 Å². The molecule has 1 unspecified atom stereocenters. The molecule has 3 heteroatoms. The predicted molar refractivity (Wildman–Crippen MR) is 64.7 cm³/mol. The summed E-state index contributed by atoms with van der Waals surface area (Å²) in [5.41, 5.74) is 0.643. The van der Waals surface area contributed by atoms with Gasteiger partial charge in [0.2, 0.25) is 0 Å². The molecule has 3 aliphatic heterocycles. The van der Waals surface area contributed by atoms with Crippen LogP contribution in [0.15, 0.2) is 24.3 Å². The molecule has 0 aromatic heterocycles. The molecule has 0 radical (unpaired) electrons. The van der Waals surface area contributed by atoms with E-state index in [1.165, 1.54) is 25.9 Å². The summed E-state index contributed by atoms with van der Waals surface area (Å²) in [4.78, 5) is 2.46. The zero-order valence-electron chi connectivity index (χ0n) is 9.80. The van der Waals surface area contributed by atoms with Gasteiger partial charge in [0, 0.05) is 6.54 Å². The summed E-state index contributed by atoms with van der Waals surface area (Å²) in [6.07, 6.45) is 2.74. The molecule has 3 heterocycles. The highest BCUT2D eigenvalue weighted by Crippen LogP contribution is 2.31. The first-order chi connectivity index (χ1) is 8.36. The molecule has 1 atom stereocenters. The molecular formula is C14H16N2O. The third kappa shape index (κ3) is 2.01. The van der Waals surface area contributed by atoms with Gasteiger partial charge in [-0.2, -0.15) is 5.26 Å². The maximum absolute atomic E-state index is 9.04. The SMILES string of the molecule is N#Cc1ccccc1OC1CN2CCC1CC2. The minimum atomic E-state index is 0.270. The van der Waals surface area contributed by atoms with Crippen LogP contribution in [0.4, 0.5) is 0 Å². The van der Waals surface area contributed by atoms with Crippen LogP contribution in [-0.2, 0) is 0 Å². The van der Waals surface area contributed by atoms with E-state index in [4.69, 9.17) is 10.00 Å². The van der Waals surface area contributed by atoms with Crippen LogP contribution in [-0.4, -0.2) is 30.6 Å². The van der Waals surface area contributed by atoms with Crippen molar-refractivity contribution in [2.75, 3.05) is 19.6 Å². The summed E-state index contributed by atoms with van der Waals surface area (Å²) in [5, 5.41) is 9.04. The van der Waals surface area contributed by atoms with E-state index in [0.29, 0.717) is 11.5 Å². The zero-order chi connectivity index (χ0) is 11.7. The second-order valence-electron chi connectivity index (χ2n) is 4.90. The van der Waals surface area contributed by atoms with Crippen molar-refractivity contribution in [2.24, 2.45) is 5.92 Å². The monoisotopic (exact) mass is 228 g/mol. The molecule has 1 aromatic rings. The fraction of sp³-hybridized carbons (Fsp3) is 0.500. The van der Waals surface area contributed by atoms with Crippen LogP contribution in [0.3, 0.4) is 0 Å². The van der Waals surface area contributed by atoms with Gasteiger partial charge in [-0.3, -0.25) is 4.90 Å². The lowest BCUT2D eigenvalue weighted by atomic mass is 9.86. The molecular weight excluding hydrogens is 212 g/mol. The first-order valence-corrected chi connectivity index (χ1v) is 6.25. The Balaban J connectivity index is 1.77. The molecule has 88 valence electrons. The van der Waals surface area contributed by atoms with E-state index in [1.807, 2.05) is 24.3 Å². The van der Waals surface area contributed by atoms with E-state index in [-0.39, 0.29) is 6.10 Å². The van der Waals surface area contributed by atoms with Gasteiger partial charge in [0.25, 0.3) is 0 Å². The first-order valence-electron chi connectivity index (χ1n) is 6.25. The van der Waals surface area contributed by atoms with Crippen molar-refractivity contribution in [3.05, 3.63) is 29.8 Å². The number of ether oxygens (including phenoxy) is 1. The molecule has 3 saturated heterocycles. The maximum Gasteiger partial charge on any atom is 0.137 e. The largest absolute Gasteiger partial charge is 0.487 e. The van der Waals surface area contributed by atoms with Gasteiger partial charge in [-0.25, -0.2) is 0 Å². The highest BCUT2D eigenvalue weighted by Gasteiger charge is 2.35. The molecule has 2 bridgehead atoms. The third-order valence-electron chi connectivity index (χ3n) is 3.88. The van der Waals surface area contributed by atoms with Crippen molar-refractivity contribution in [1.29, 1.82) is 5.26 Å². The van der Waals surface area contributed by atoms with E-state index in [9.17, 15) is 0 Å². The van der Waals surface area contributed by atoms with E-state index in [0.717, 1.165) is 12.3 Å². The molecule has 4 rings (SSSR count). The molecule has 3 nitrogen and oxygen atoms in total. The van der Waals surface area contributed by atoms with Crippen LogP contribution >= 0.6 is 0 Å². The van der Waals surface area contributed by atoms with Gasteiger partial charge in [0.1, 0.15) is 17.9 Å². The molecule has 3 aliphatic rings. The fourth-order valence-electron chi connectivity index (χ4n) is 2.87. The minimum absolute atomic E-state index is 0.270. The molecule has 0 amide bonds. The van der Waals surface area contributed by atoms with Crippen molar-refractivity contribution in [3.8, 4) is 11.8 Å². The van der Waals surface area contributed by atoms with E-state index in [1.54, 1.807) is 0 Å². The molecule has 0 aliphatic carbocycles. The number of nitrogens with zero attached hydrogens (tertiary/aromatic N) is 2. The molecule has 17 heavy (non-hydrogen) atoms. The average molecular weight is 228 g/mol. The molecule has 0 spiro atoms. The zero-order valence-corrected chi connectivity index (χ0v) is 9.80. The lowest BCUT2D eigenvalue weighted by molar-refractivity contribution is -0.00789. The van der Waals surface area contributed by atoms with Gasteiger partial charge in [-0.15, -0.1) is 0 Å². The third-order valence-corrected chi connectivity index (χ3v) is 3.88. The van der Waals surface area contributed by atoms with Crippen molar-refractivity contribution in [3.63, 3.8) is 0 Å². The van der Waals surface area contributed by atoms with Crippen molar-refractivity contribution in [2.45, 2.75) is 18.9 Å². The topological polar surface area (TPSA) is 36.3 Å². The number of hydrogen-bond donors (Lipinski definition) is 0. The average Bonchev–Trinajstić information content (AvgIpc) is 2.41. The highest BCUT2D eigenvalue weighted by atomic mass is 16.5. The Bertz CT molecular complexity index is 444. The van der Waals surface area contributed by atoms with Gasteiger partial charge in [-0.05, 0) is 44.0 Å². The van der Waals surface area contributed by atoms with Gasteiger partial charge >= 0.3 is 0 Å². The van der Waals surface area contributed by atoms with Crippen LogP contribution in [0.2, 0.25) is 0 Å². The highest BCUT2D eigenvalue weighted by molar-refractivity contribution is 5.42. The number of hydrogen-bond acceptors (Lipinski definition) is 3. The second kappa shape index (κ2) is 4.38. The quantitative estimate of drug-likeness (QED) is 0.777. The number of rotatable bonds is 2. The Morgan fingerprint density at radius 1 is 1.24 bits per heavy atom. The number of piperidine rings is 3. The fourth-order valence-corrected chi connectivity index (χ4v) is 2.87. The Morgan fingerprint density at radius 2 is 2.00 bits per heavy atom. The van der Waals surface area contributed by atoms with E-state index < -0.39 is 0 Å². The standard InChI is InChI=1S/C14H16N2O/c15-9-12-3-1-2-4-13(12)17-14-10-16-7-5-11(14)6-8-16/h1-4,11,14H,5-8,10H2. The first kappa shape index (κ1) is 10.6. The summed E-state index contributed by atoms with van der Waals surface area (Å²) in [7, 11) is 0. The Labute approximate surface area is 102 Å². The summed E-state index contributed by atoms with van der Waals surface area (Å²) in [5.74, 6) is 1.42. The molecule has 1 aromatic carbocycles. The summed E-state index contributed by atoms with van der Waals surface area (Å²) < 4.78 is 6.05. The lowest BCUT2D eigenvalue weighted by Crippen LogP contribution is -2.52.